The van der Waals surface area contributed by atoms with Gasteiger partial charge in [0, 0.05) is 0 Å². The second kappa shape index (κ2) is 7.24. The largest absolute Gasteiger partial charge is 0.375 e. The molecule has 0 saturated carbocycles. The van der Waals surface area contributed by atoms with Crippen molar-refractivity contribution in [3.63, 3.8) is 0 Å². The van der Waals surface area contributed by atoms with Crippen LogP contribution in [0.3, 0.4) is 0 Å². The van der Waals surface area contributed by atoms with Gasteiger partial charge in [0.05, 0.1) is 12.7 Å². The quantitative estimate of drug-likeness (QED) is 0.590. The van der Waals surface area contributed by atoms with E-state index in [4.69, 9.17) is 4.74 Å². The first-order chi connectivity index (χ1) is 6.52. The van der Waals surface area contributed by atoms with Crippen molar-refractivity contribution in [1.82, 2.24) is 0 Å². The van der Waals surface area contributed by atoms with Crippen molar-refractivity contribution in [3.05, 3.63) is 0 Å². The smallest absolute Gasteiger partial charge is 0.124 e. The lowest BCUT2D eigenvalue weighted by molar-refractivity contribution is -0.102. The molecule has 85 valence electrons. The molecular weight excluding hydrogens is 176 g/mol. The summed E-state index contributed by atoms with van der Waals surface area (Å²) in [6.45, 7) is 8.35. The van der Waals surface area contributed by atoms with Gasteiger partial charge < -0.3 is 4.74 Å². The molecule has 2 heteroatoms. The van der Waals surface area contributed by atoms with Gasteiger partial charge in [-0.2, -0.15) is 0 Å². The SMILES string of the molecule is CCCCC(C)OCC(C)([O])CCC. The van der Waals surface area contributed by atoms with Crippen LogP contribution in [-0.2, 0) is 9.84 Å². The molecule has 0 fully saturated rings. The van der Waals surface area contributed by atoms with Gasteiger partial charge in [-0.3, -0.25) is 0 Å². The summed E-state index contributed by atoms with van der Waals surface area (Å²) in [5.74, 6) is 0. The first-order valence-corrected chi connectivity index (χ1v) is 5.84. The fraction of sp³-hybridized carbons (Fsp3) is 1.00. The molecule has 0 heterocycles. The Morgan fingerprint density at radius 3 is 2.43 bits per heavy atom. The van der Waals surface area contributed by atoms with Gasteiger partial charge in [0.1, 0.15) is 5.60 Å². The summed E-state index contributed by atoms with van der Waals surface area (Å²) < 4.78 is 5.55. The van der Waals surface area contributed by atoms with E-state index in [0.717, 1.165) is 12.8 Å². The van der Waals surface area contributed by atoms with Crippen molar-refractivity contribution in [2.75, 3.05) is 6.61 Å². The average molecular weight is 201 g/mol. The van der Waals surface area contributed by atoms with Crippen molar-refractivity contribution in [2.24, 2.45) is 0 Å². The lowest BCUT2D eigenvalue weighted by atomic mass is 10.0. The number of hydrogen-bond acceptors (Lipinski definition) is 1. The molecule has 1 radical (unpaired) electrons. The first-order valence-electron chi connectivity index (χ1n) is 5.84. The molecule has 2 atom stereocenters. The molecule has 2 unspecified atom stereocenters. The zero-order chi connectivity index (χ0) is 11.0. The molecule has 0 aliphatic carbocycles. The van der Waals surface area contributed by atoms with E-state index in [1.807, 2.05) is 6.92 Å². The Morgan fingerprint density at radius 2 is 1.93 bits per heavy atom. The number of hydrogen-bond donors (Lipinski definition) is 0. The van der Waals surface area contributed by atoms with Gasteiger partial charge in [0.2, 0.25) is 0 Å². The summed E-state index contributed by atoms with van der Waals surface area (Å²) in [4.78, 5) is 0. The predicted molar refractivity (Wildman–Crippen MR) is 58.9 cm³/mol. The van der Waals surface area contributed by atoms with Gasteiger partial charge in [0.15, 0.2) is 0 Å². The minimum absolute atomic E-state index is 0.236. The highest BCUT2D eigenvalue weighted by atomic mass is 16.5. The van der Waals surface area contributed by atoms with E-state index in [0.29, 0.717) is 13.0 Å². The zero-order valence-corrected chi connectivity index (χ0v) is 10.1. The first kappa shape index (κ1) is 13.9. The lowest BCUT2D eigenvalue weighted by Crippen LogP contribution is -2.30. The fourth-order valence-corrected chi connectivity index (χ4v) is 1.49. The maximum absolute atomic E-state index is 11.8. The summed E-state index contributed by atoms with van der Waals surface area (Å²) in [5.41, 5.74) is -0.894. The summed E-state index contributed by atoms with van der Waals surface area (Å²) in [6.07, 6.45) is 5.32. The zero-order valence-electron chi connectivity index (χ0n) is 10.1. The molecule has 0 saturated heterocycles. The van der Waals surface area contributed by atoms with Crippen LogP contribution in [0.2, 0.25) is 0 Å². The highest BCUT2D eigenvalue weighted by molar-refractivity contribution is 4.71. The monoisotopic (exact) mass is 201 g/mol. The minimum Gasteiger partial charge on any atom is -0.375 e. The summed E-state index contributed by atoms with van der Waals surface area (Å²) in [5, 5.41) is 11.8. The van der Waals surface area contributed by atoms with Crippen molar-refractivity contribution in [1.29, 1.82) is 0 Å². The predicted octanol–water partition coefficient (Wildman–Crippen LogP) is 3.57. The van der Waals surface area contributed by atoms with Crippen LogP contribution in [0.15, 0.2) is 0 Å². The van der Waals surface area contributed by atoms with Gasteiger partial charge in [-0.25, -0.2) is 5.11 Å². The van der Waals surface area contributed by atoms with Gasteiger partial charge in [-0.05, 0) is 26.7 Å². The molecule has 0 N–H and O–H groups in total. The average Bonchev–Trinajstić information content (AvgIpc) is 2.11. The van der Waals surface area contributed by atoms with E-state index in [-0.39, 0.29) is 6.10 Å². The lowest BCUT2D eigenvalue weighted by Gasteiger charge is -2.22. The second-order valence-electron chi connectivity index (χ2n) is 4.46. The summed E-state index contributed by atoms with van der Waals surface area (Å²) in [6, 6.07) is 0. The maximum atomic E-state index is 11.8. The maximum Gasteiger partial charge on any atom is 0.124 e. The highest BCUT2D eigenvalue weighted by Crippen LogP contribution is 2.15. The molecule has 0 aromatic heterocycles. The van der Waals surface area contributed by atoms with E-state index >= 15 is 0 Å². The van der Waals surface area contributed by atoms with Gasteiger partial charge in [-0.15, -0.1) is 0 Å². The van der Waals surface area contributed by atoms with Gasteiger partial charge in [-0.1, -0.05) is 33.1 Å². The van der Waals surface area contributed by atoms with Gasteiger partial charge >= 0.3 is 0 Å². The molecule has 0 aromatic carbocycles. The van der Waals surface area contributed by atoms with Crippen LogP contribution in [0, 0.1) is 0 Å². The van der Waals surface area contributed by atoms with E-state index in [9.17, 15) is 5.11 Å². The van der Waals surface area contributed by atoms with E-state index < -0.39 is 5.60 Å². The van der Waals surface area contributed by atoms with Crippen LogP contribution >= 0.6 is 0 Å². The Morgan fingerprint density at radius 1 is 1.29 bits per heavy atom. The Hall–Kier alpha value is -0.0800. The van der Waals surface area contributed by atoms with Crippen molar-refractivity contribution in [3.8, 4) is 0 Å². The topological polar surface area (TPSA) is 29.1 Å². The molecule has 14 heavy (non-hydrogen) atoms. The van der Waals surface area contributed by atoms with Crippen LogP contribution in [0.4, 0.5) is 0 Å². The van der Waals surface area contributed by atoms with Crippen molar-refractivity contribution < 1.29 is 9.84 Å². The molecular formula is C12H25O2. The molecule has 0 bridgehead atoms. The fourth-order valence-electron chi connectivity index (χ4n) is 1.49. The Kier molecular flexibility index (Phi) is 7.20. The summed E-state index contributed by atoms with van der Waals surface area (Å²) >= 11 is 0. The molecule has 0 rings (SSSR count). The molecule has 0 aliphatic rings. The number of ether oxygens (including phenoxy) is 1. The van der Waals surface area contributed by atoms with E-state index in [1.54, 1.807) is 6.92 Å². The third-order valence-electron chi connectivity index (χ3n) is 2.42. The molecule has 0 aliphatic heterocycles. The second-order valence-corrected chi connectivity index (χ2v) is 4.46. The highest BCUT2D eigenvalue weighted by Gasteiger charge is 2.22. The Bertz CT molecular complexity index is 132. The number of unbranched alkanes of at least 4 members (excludes halogenated alkanes) is 1. The summed E-state index contributed by atoms with van der Waals surface area (Å²) in [7, 11) is 0. The molecule has 0 spiro atoms. The van der Waals surface area contributed by atoms with Gasteiger partial charge in [0.25, 0.3) is 0 Å². The standard InChI is InChI=1S/C12H25O2/c1-5-7-8-11(3)14-10-12(4,13)9-6-2/h11H,5-10H2,1-4H3. The van der Waals surface area contributed by atoms with Crippen molar-refractivity contribution >= 4 is 0 Å². The van der Waals surface area contributed by atoms with E-state index in [1.165, 1.54) is 12.8 Å². The normalized spacial score (nSPS) is 17.8. The van der Waals surface area contributed by atoms with Crippen LogP contribution in [0.5, 0.6) is 0 Å². The van der Waals surface area contributed by atoms with E-state index in [2.05, 4.69) is 13.8 Å². The molecule has 0 aromatic rings. The molecule has 0 amide bonds. The Balaban J connectivity index is 3.58. The minimum atomic E-state index is -0.894. The Labute approximate surface area is 88.7 Å². The number of rotatable bonds is 8. The third-order valence-corrected chi connectivity index (χ3v) is 2.42. The van der Waals surface area contributed by atoms with Crippen LogP contribution < -0.4 is 0 Å². The van der Waals surface area contributed by atoms with Crippen LogP contribution in [0.25, 0.3) is 0 Å². The van der Waals surface area contributed by atoms with Crippen molar-refractivity contribution in [2.45, 2.75) is 71.5 Å². The van der Waals surface area contributed by atoms with Crippen LogP contribution in [-0.4, -0.2) is 18.3 Å². The van der Waals surface area contributed by atoms with Crippen LogP contribution in [0.1, 0.15) is 59.8 Å². The molecule has 2 nitrogen and oxygen atoms in total. The third kappa shape index (κ3) is 7.34.